The van der Waals surface area contributed by atoms with Gasteiger partial charge in [0.05, 0.1) is 6.20 Å². The minimum atomic E-state index is -0.126. The number of rotatable bonds is 6. The first-order valence-electron chi connectivity index (χ1n) is 9.00. The molecule has 0 spiro atoms. The van der Waals surface area contributed by atoms with Crippen molar-refractivity contribution in [3.8, 4) is 0 Å². The molecule has 1 N–H and O–H groups in total. The summed E-state index contributed by atoms with van der Waals surface area (Å²) in [6, 6.07) is 10.5. The van der Waals surface area contributed by atoms with Crippen molar-refractivity contribution in [3.63, 3.8) is 0 Å². The minimum Gasteiger partial charge on any atom is -0.307 e. The lowest BCUT2D eigenvalue weighted by atomic mass is 9.99. The topological polar surface area (TPSA) is 50.2 Å². The molecule has 0 bridgehead atoms. The largest absolute Gasteiger partial charge is 0.307 e. The molecule has 5 nitrogen and oxygen atoms in total. The molecule has 1 aliphatic heterocycles. The Morgan fingerprint density at radius 1 is 1.35 bits per heavy atom. The van der Waals surface area contributed by atoms with Gasteiger partial charge in [0.15, 0.2) is 0 Å². The number of anilines is 1. The third kappa shape index (κ3) is 4.11. The van der Waals surface area contributed by atoms with Gasteiger partial charge in [0.2, 0.25) is 0 Å². The lowest BCUT2D eigenvalue weighted by Crippen LogP contribution is -2.42. The summed E-state index contributed by atoms with van der Waals surface area (Å²) in [5.74, 6) is 0.555. The first-order chi connectivity index (χ1) is 12.6. The van der Waals surface area contributed by atoms with Gasteiger partial charge < -0.3 is 5.32 Å². The highest BCUT2D eigenvalue weighted by molar-refractivity contribution is 6.03. The van der Waals surface area contributed by atoms with E-state index in [0.717, 1.165) is 19.4 Å². The number of hydrogen-bond donors (Lipinski definition) is 1. The second-order valence-electron chi connectivity index (χ2n) is 6.75. The molecule has 1 aromatic carbocycles. The van der Waals surface area contributed by atoms with Crippen LogP contribution in [0.15, 0.2) is 61.3 Å². The van der Waals surface area contributed by atoms with Gasteiger partial charge in [-0.3, -0.25) is 14.4 Å². The lowest BCUT2D eigenvalue weighted by molar-refractivity contribution is 0.102. The Bertz CT molecular complexity index is 791. The van der Waals surface area contributed by atoms with Gasteiger partial charge in [0, 0.05) is 37.3 Å². The van der Waals surface area contributed by atoms with Gasteiger partial charge in [-0.25, -0.2) is 0 Å². The summed E-state index contributed by atoms with van der Waals surface area (Å²) in [6.07, 6.45) is 10.2. The number of carbonyl (C=O) groups excluding carboxylic acids is 1. The predicted octanol–water partition coefficient (Wildman–Crippen LogP) is 3.77. The third-order valence-electron chi connectivity index (χ3n) is 4.90. The Hall–Kier alpha value is -2.66. The van der Waals surface area contributed by atoms with Gasteiger partial charge >= 0.3 is 0 Å². The summed E-state index contributed by atoms with van der Waals surface area (Å²) in [5, 5.41) is 6.92. The van der Waals surface area contributed by atoms with Gasteiger partial charge in [-0.15, -0.1) is 6.58 Å². The molecule has 1 amide bonds. The van der Waals surface area contributed by atoms with Crippen LogP contribution < -0.4 is 5.32 Å². The number of amides is 1. The number of aryl methyl sites for hydroxylation is 1. The Morgan fingerprint density at radius 3 is 2.77 bits per heavy atom. The quantitative estimate of drug-likeness (QED) is 0.807. The van der Waals surface area contributed by atoms with Crippen LogP contribution in [-0.4, -0.2) is 32.7 Å². The molecule has 2 heterocycles. The average molecular weight is 350 g/mol. The highest BCUT2D eigenvalue weighted by Gasteiger charge is 2.23. The fourth-order valence-corrected chi connectivity index (χ4v) is 3.37. The van der Waals surface area contributed by atoms with Gasteiger partial charge in [-0.05, 0) is 37.5 Å². The number of nitrogens with zero attached hydrogens (tertiary/aromatic N) is 3. The lowest BCUT2D eigenvalue weighted by Gasteiger charge is -2.37. The van der Waals surface area contributed by atoms with Crippen molar-refractivity contribution >= 4 is 11.7 Å². The monoisotopic (exact) mass is 350 g/mol. The summed E-state index contributed by atoms with van der Waals surface area (Å²) in [5.41, 5.74) is 1.85. The molecule has 3 rings (SSSR count). The first kappa shape index (κ1) is 18.1. The number of hydrogen-bond acceptors (Lipinski definition) is 3. The molecular formula is C21H26N4O. The van der Waals surface area contributed by atoms with Crippen LogP contribution in [0.25, 0.3) is 0 Å². The van der Waals surface area contributed by atoms with Crippen molar-refractivity contribution < 1.29 is 4.79 Å². The second kappa shape index (κ2) is 8.15. The van der Waals surface area contributed by atoms with E-state index in [-0.39, 0.29) is 5.91 Å². The zero-order valence-electron chi connectivity index (χ0n) is 15.4. The summed E-state index contributed by atoms with van der Waals surface area (Å²) in [6.45, 7) is 6.98. The molecule has 0 saturated heterocycles. The standard InChI is InChI=1S/C21H26N4O/c1-4-6-19-8-5-7-16(2)25(19)15-17-9-11-18(12-10-17)21(26)23-20-13-14-22-24(20)3/h4-5,7,9-14,16,19H,1,6,8,15H2,2-3H3,(H,23,26)/t16-,19-/m0/s1. The van der Waals surface area contributed by atoms with Crippen LogP contribution in [0.4, 0.5) is 5.82 Å². The highest BCUT2D eigenvalue weighted by Crippen LogP contribution is 2.23. The fraction of sp³-hybridized carbons (Fsp3) is 0.333. The van der Waals surface area contributed by atoms with Gasteiger partial charge in [-0.1, -0.05) is 30.4 Å². The van der Waals surface area contributed by atoms with E-state index in [1.807, 2.05) is 30.3 Å². The van der Waals surface area contributed by atoms with Crippen LogP contribution in [0, 0.1) is 0 Å². The van der Waals surface area contributed by atoms with E-state index in [9.17, 15) is 4.79 Å². The SMILES string of the molecule is C=CC[C@H]1CC=C[C@H](C)N1Cc1ccc(C(=O)Nc2ccnn2C)cc1. The van der Waals surface area contributed by atoms with Gasteiger partial charge in [0.25, 0.3) is 5.91 Å². The summed E-state index contributed by atoms with van der Waals surface area (Å²) in [7, 11) is 1.80. The Balaban J connectivity index is 1.67. The highest BCUT2D eigenvalue weighted by atomic mass is 16.1. The smallest absolute Gasteiger partial charge is 0.256 e. The van der Waals surface area contributed by atoms with Crippen molar-refractivity contribution in [2.45, 2.75) is 38.4 Å². The Kier molecular flexibility index (Phi) is 5.68. The van der Waals surface area contributed by atoms with Crippen molar-refractivity contribution in [3.05, 3.63) is 72.5 Å². The zero-order chi connectivity index (χ0) is 18.5. The van der Waals surface area contributed by atoms with Gasteiger partial charge in [0.1, 0.15) is 5.82 Å². The maximum absolute atomic E-state index is 12.4. The number of nitrogens with one attached hydrogen (secondary N) is 1. The van der Waals surface area contributed by atoms with E-state index in [4.69, 9.17) is 0 Å². The van der Waals surface area contributed by atoms with Crippen molar-refractivity contribution in [1.29, 1.82) is 0 Å². The predicted molar refractivity (Wildman–Crippen MR) is 105 cm³/mol. The summed E-state index contributed by atoms with van der Waals surface area (Å²) < 4.78 is 1.64. The maximum Gasteiger partial charge on any atom is 0.256 e. The van der Waals surface area contributed by atoms with Crippen LogP contribution in [0.2, 0.25) is 0 Å². The molecule has 5 heteroatoms. The van der Waals surface area contributed by atoms with Crippen molar-refractivity contribution in [2.24, 2.45) is 7.05 Å². The zero-order valence-corrected chi connectivity index (χ0v) is 15.4. The van der Waals surface area contributed by atoms with Crippen molar-refractivity contribution in [2.75, 3.05) is 5.32 Å². The molecule has 0 saturated carbocycles. The maximum atomic E-state index is 12.4. The summed E-state index contributed by atoms with van der Waals surface area (Å²) in [4.78, 5) is 14.9. The van der Waals surface area contributed by atoms with Gasteiger partial charge in [-0.2, -0.15) is 5.10 Å². The molecule has 0 aliphatic carbocycles. The molecule has 0 unspecified atom stereocenters. The van der Waals surface area contributed by atoms with Crippen LogP contribution >= 0.6 is 0 Å². The fourth-order valence-electron chi connectivity index (χ4n) is 3.37. The van der Waals surface area contributed by atoms with E-state index in [2.05, 4.69) is 41.0 Å². The van der Waals surface area contributed by atoms with Crippen LogP contribution in [0.1, 0.15) is 35.7 Å². The third-order valence-corrected chi connectivity index (χ3v) is 4.90. The molecule has 2 atom stereocenters. The van der Waals surface area contributed by atoms with Crippen molar-refractivity contribution in [1.82, 2.24) is 14.7 Å². The Labute approximate surface area is 155 Å². The number of benzene rings is 1. The van der Waals surface area contributed by atoms with E-state index in [1.54, 1.807) is 24.0 Å². The van der Waals surface area contributed by atoms with Crippen LogP contribution in [0.5, 0.6) is 0 Å². The second-order valence-corrected chi connectivity index (χ2v) is 6.75. The Morgan fingerprint density at radius 2 is 2.12 bits per heavy atom. The number of aromatic nitrogens is 2. The van der Waals surface area contributed by atoms with Crippen LogP contribution in [0.3, 0.4) is 0 Å². The van der Waals surface area contributed by atoms with E-state index in [0.29, 0.717) is 23.5 Å². The minimum absolute atomic E-state index is 0.126. The first-order valence-corrected chi connectivity index (χ1v) is 9.00. The van der Waals surface area contributed by atoms with E-state index >= 15 is 0 Å². The van der Waals surface area contributed by atoms with E-state index in [1.165, 1.54) is 5.56 Å². The molecule has 0 radical (unpaired) electrons. The molecule has 0 fully saturated rings. The normalized spacial score (nSPS) is 20.1. The molecule has 1 aromatic heterocycles. The molecule has 1 aliphatic rings. The molecular weight excluding hydrogens is 324 g/mol. The van der Waals surface area contributed by atoms with E-state index < -0.39 is 0 Å². The average Bonchev–Trinajstić information content (AvgIpc) is 3.03. The van der Waals surface area contributed by atoms with Crippen LogP contribution in [-0.2, 0) is 13.6 Å². The number of carbonyl (C=O) groups is 1. The molecule has 2 aromatic rings. The molecule has 136 valence electrons. The molecule has 26 heavy (non-hydrogen) atoms. The summed E-state index contributed by atoms with van der Waals surface area (Å²) >= 11 is 0.